The molecule has 0 radical (unpaired) electrons. The minimum Gasteiger partial charge on any atom is -0.379 e. The molecule has 1 unspecified atom stereocenters. The van der Waals surface area contributed by atoms with E-state index in [-0.39, 0.29) is 0 Å². The summed E-state index contributed by atoms with van der Waals surface area (Å²) in [6.45, 7) is 8.22. The summed E-state index contributed by atoms with van der Waals surface area (Å²) in [6, 6.07) is 0.478. The maximum Gasteiger partial charge on any atom is 0.0960 e. The van der Waals surface area contributed by atoms with Crippen LogP contribution in [0.1, 0.15) is 26.2 Å². The summed E-state index contributed by atoms with van der Waals surface area (Å²) in [5.74, 6) is 0.840. The molecule has 0 spiro atoms. The Kier molecular flexibility index (Phi) is 4.18. The highest BCUT2D eigenvalue weighted by molar-refractivity contribution is 5.80. The van der Waals surface area contributed by atoms with Crippen molar-refractivity contribution in [1.82, 2.24) is 9.80 Å². The van der Waals surface area contributed by atoms with Gasteiger partial charge in [0.05, 0.1) is 19.0 Å². The third-order valence-corrected chi connectivity index (χ3v) is 3.57. The largest absolute Gasteiger partial charge is 0.379 e. The van der Waals surface area contributed by atoms with Crippen molar-refractivity contribution in [3.05, 3.63) is 0 Å². The number of amidine groups is 1. The third-order valence-electron chi connectivity index (χ3n) is 3.57. The van der Waals surface area contributed by atoms with E-state index in [1.165, 1.54) is 12.8 Å². The average molecular weight is 225 g/mol. The molecule has 2 aliphatic heterocycles. The Morgan fingerprint density at radius 3 is 2.69 bits per heavy atom. The predicted molar refractivity (Wildman–Crippen MR) is 65.0 cm³/mol. The van der Waals surface area contributed by atoms with Gasteiger partial charge in [0.1, 0.15) is 0 Å². The Bertz CT molecular complexity index is 238. The van der Waals surface area contributed by atoms with Crippen molar-refractivity contribution in [3.8, 4) is 0 Å². The summed E-state index contributed by atoms with van der Waals surface area (Å²) in [4.78, 5) is 4.73. The molecule has 16 heavy (non-hydrogen) atoms. The van der Waals surface area contributed by atoms with Crippen molar-refractivity contribution in [2.24, 2.45) is 0 Å². The van der Waals surface area contributed by atoms with E-state index >= 15 is 0 Å². The molecular weight excluding hydrogens is 202 g/mol. The van der Waals surface area contributed by atoms with E-state index in [1.54, 1.807) is 0 Å². The lowest BCUT2D eigenvalue weighted by molar-refractivity contribution is 0.0291. The number of piperidine rings is 1. The van der Waals surface area contributed by atoms with Crippen LogP contribution in [0.2, 0.25) is 0 Å². The van der Waals surface area contributed by atoms with E-state index in [1.807, 2.05) is 0 Å². The van der Waals surface area contributed by atoms with Gasteiger partial charge < -0.3 is 9.64 Å². The summed E-state index contributed by atoms with van der Waals surface area (Å²) < 4.78 is 5.35. The zero-order chi connectivity index (χ0) is 11.4. The van der Waals surface area contributed by atoms with Gasteiger partial charge >= 0.3 is 0 Å². The number of nitrogens with zero attached hydrogens (tertiary/aromatic N) is 2. The first-order valence-corrected chi connectivity index (χ1v) is 6.41. The second-order valence-corrected chi connectivity index (χ2v) is 4.86. The average Bonchev–Trinajstić information content (AvgIpc) is 2.31. The van der Waals surface area contributed by atoms with E-state index in [9.17, 15) is 0 Å². The van der Waals surface area contributed by atoms with E-state index < -0.39 is 0 Å². The van der Waals surface area contributed by atoms with Gasteiger partial charge in [0.25, 0.3) is 0 Å². The predicted octanol–water partition coefficient (Wildman–Crippen LogP) is 1.17. The van der Waals surface area contributed by atoms with Crippen LogP contribution in [-0.4, -0.2) is 61.1 Å². The zero-order valence-electron chi connectivity index (χ0n) is 10.2. The normalized spacial score (nSPS) is 25.8. The van der Waals surface area contributed by atoms with Gasteiger partial charge in [-0.2, -0.15) is 0 Å². The van der Waals surface area contributed by atoms with Crippen molar-refractivity contribution in [1.29, 1.82) is 5.41 Å². The SMILES string of the molecule is CC(CN1CCOCC1)N1CCCCC1=N. The Morgan fingerprint density at radius 1 is 1.25 bits per heavy atom. The Balaban J connectivity index is 1.81. The van der Waals surface area contributed by atoms with Gasteiger partial charge in [-0.15, -0.1) is 0 Å². The minimum absolute atomic E-state index is 0.478. The lowest BCUT2D eigenvalue weighted by Gasteiger charge is -2.38. The summed E-state index contributed by atoms with van der Waals surface area (Å²) >= 11 is 0. The van der Waals surface area contributed by atoms with Crippen molar-refractivity contribution in [2.75, 3.05) is 39.4 Å². The van der Waals surface area contributed by atoms with Crippen molar-refractivity contribution < 1.29 is 4.74 Å². The van der Waals surface area contributed by atoms with Gasteiger partial charge in [-0.1, -0.05) is 0 Å². The minimum atomic E-state index is 0.478. The molecule has 2 saturated heterocycles. The fourth-order valence-electron chi connectivity index (χ4n) is 2.60. The van der Waals surface area contributed by atoms with Gasteiger partial charge in [0.15, 0.2) is 0 Å². The van der Waals surface area contributed by atoms with Crippen LogP contribution in [0, 0.1) is 5.41 Å². The third kappa shape index (κ3) is 2.95. The second kappa shape index (κ2) is 5.64. The van der Waals surface area contributed by atoms with Crippen LogP contribution in [0.5, 0.6) is 0 Å². The van der Waals surface area contributed by atoms with Crippen molar-refractivity contribution in [3.63, 3.8) is 0 Å². The first-order chi connectivity index (χ1) is 7.77. The monoisotopic (exact) mass is 225 g/mol. The Labute approximate surface area is 98.1 Å². The number of ether oxygens (including phenoxy) is 1. The first kappa shape index (κ1) is 11.9. The van der Waals surface area contributed by atoms with Crippen LogP contribution in [0.15, 0.2) is 0 Å². The number of nitrogens with one attached hydrogen (secondary N) is 1. The number of rotatable bonds is 3. The van der Waals surface area contributed by atoms with E-state index in [2.05, 4.69) is 16.7 Å². The van der Waals surface area contributed by atoms with E-state index in [4.69, 9.17) is 10.1 Å². The number of likely N-dealkylation sites (tertiary alicyclic amines) is 1. The smallest absolute Gasteiger partial charge is 0.0960 e. The lowest BCUT2D eigenvalue weighted by atomic mass is 10.1. The van der Waals surface area contributed by atoms with Crippen LogP contribution >= 0.6 is 0 Å². The molecule has 0 aromatic heterocycles. The zero-order valence-corrected chi connectivity index (χ0v) is 10.2. The first-order valence-electron chi connectivity index (χ1n) is 6.41. The molecule has 2 rings (SSSR count). The molecule has 92 valence electrons. The lowest BCUT2D eigenvalue weighted by Crippen LogP contribution is -2.49. The van der Waals surface area contributed by atoms with E-state index in [0.29, 0.717) is 6.04 Å². The van der Waals surface area contributed by atoms with Crippen LogP contribution < -0.4 is 0 Å². The topological polar surface area (TPSA) is 39.6 Å². The highest BCUT2D eigenvalue weighted by Crippen LogP contribution is 2.15. The van der Waals surface area contributed by atoms with Gasteiger partial charge in [-0.05, 0) is 19.8 Å². The van der Waals surface area contributed by atoms with Crippen LogP contribution in [0.4, 0.5) is 0 Å². The molecule has 0 aliphatic carbocycles. The highest BCUT2D eigenvalue weighted by Gasteiger charge is 2.22. The Morgan fingerprint density at radius 2 is 2.00 bits per heavy atom. The summed E-state index contributed by atoms with van der Waals surface area (Å²) in [7, 11) is 0. The molecule has 0 bridgehead atoms. The fourth-order valence-corrected chi connectivity index (χ4v) is 2.60. The maximum absolute atomic E-state index is 7.98. The van der Waals surface area contributed by atoms with Crippen molar-refractivity contribution in [2.45, 2.75) is 32.2 Å². The molecule has 1 N–H and O–H groups in total. The second-order valence-electron chi connectivity index (χ2n) is 4.86. The fraction of sp³-hybridized carbons (Fsp3) is 0.917. The van der Waals surface area contributed by atoms with Crippen LogP contribution in [-0.2, 0) is 4.74 Å². The quantitative estimate of drug-likeness (QED) is 0.783. The molecule has 0 aromatic carbocycles. The highest BCUT2D eigenvalue weighted by atomic mass is 16.5. The Hall–Kier alpha value is -0.610. The molecule has 2 aliphatic rings. The molecule has 4 heteroatoms. The number of morpholine rings is 1. The van der Waals surface area contributed by atoms with E-state index in [0.717, 1.165) is 51.6 Å². The molecule has 0 aromatic rings. The molecule has 2 heterocycles. The summed E-state index contributed by atoms with van der Waals surface area (Å²) in [5, 5.41) is 7.98. The molecular formula is C12H23N3O. The summed E-state index contributed by atoms with van der Waals surface area (Å²) in [5.41, 5.74) is 0. The number of hydrogen-bond acceptors (Lipinski definition) is 3. The molecule has 0 saturated carbocycles. The molecule has 0 amide bonds. The molecule has 4 nitrogen and oxygen atoms in total. The van der Waals surface area contributed by atoms with Crippen molar-refractivity contribution >= 4 is 5.84 Å². The van der Waals surface area contributed by atoms with Gasteiger partial charge in [0.2, 0.25) is 0 Å². The maximum atomic E-state index is 7.98. The van der Waals surface area contributed by atoms with Gasteiger partial charge in [0, 0.05) is 38.6 Å². The molecule has 2 fully saturated rings. The standard InChI is InChI=1S/C12H23N3O/c1-11(10-14-6-8-16-9-7-14)15-5-3-2-4-12(15)13/h11,13H,2-10H2,1H3. The van der Waals surface area contributed by atoms with Crippen LogP contribution in [0.3, 0.4) is 0 Å². The number of hydrogen-bond donors (Lipinski definition) is 1. The van der Waals surface area contributed by atoms with Crippen LogP contribution in [0.25, 0.3) is 0 Å². The molecule has 1 atom stereocenters. The van der Waals surface area contributed by atoms with Gasteiger partial charge in [-0.25, -0.2) is 0 Å². The van der Waals surface area contributed by atoms with Gasteiger partial charge in [-0.3, -0.25) is 10.3 Å². The summed E-state index contributed by atoms with van der Waals surface area (Å²) in [6.07, 6.45) is 3.41.